The third-order valence-electron chi connectivity index (χ3n) is 3.88. The fourth-order valence-electron chi connectivity index (χ4n) is 2.58. The van der Waals surface area contributed by atoms with E-state index in [2.05, 4.69) is 10.6 Å². The van der Waals surface area contributed by atoms with Crippen molar-refractivity contribution in [1.82, 2.24) is 10.6 Å². The number of anilines is 1. The van der Waals surface area contributed by atoms with Crippen LogP contribution in [-0.4, -0.2) is 49.9 Å². The lowest BCUT2D eigenvalue weighted by atomic mass is 10.2. The first kappa shape index (κ1) is 19.4. The largest absolute Gasteiger partial charge is 0.466 e. The van der Waals surface area contributed by atoms with Crippen LogP contribution >= 0.6 is 0 Å². The predicted octanol–water partition coefficient (Wildman–Crippen LogP) is 0.613. The summed E-state index contributed by atoms with van der Waals surface area (Å²) in [4.78, 5) is 48.3. The fourth-order valence-corrected chi connectivity index (χ4v) is 2.58. The standard InChI is InChI=1S/C18H23N3O5/c1-2-26-17(24)9-10-19-15(22)12-20-18(25)13-5-7-14(8-6-13)21-11-3-4-16(21)23/h5-8H,2-4,9-12H2,1H3,(H,19,22)(H,20,25). The number of carbonyl (C=O) groups excluding carboxylic acids is 4. The number of benzene rings is 1. The number of nitrogens with one attached hydrogen (secondary N) is 2. The predicted molar refractivity (Wildman–Crippen MR) is 94.6 cm³/mol. The Bertz CT molecular complexity index is 672. The molecule has 1 aromatic rings. The summed E-state index contributed by atoms with van der Waals surface area (Å²) >= 11 is 0. The second-order valence-corrected chi connectivity index (χ2v) is 5.78. The number of hydrogen-bond donors (Lipinski definition) is 2. The van der Waals surface area contributed by atoms with Crippen molar-refractivity contribution >= 4 is 29.4 Å². The summed E-state index contributed by atoms with van der Waals surface area (Å²) in [7, 11) is 0. The molecule has 3 amide bonds. The Morgan fingerprint density at radius 1 is 1.15 bits per heavy atom. The maximum Gasteiger partial charge on any atom is 0.307 e. The first-order chi connectivity index (χ1) is 12.5. The summed E-state index contributed by atoms with van der Waals surface area (Å²) < 4.78 is 4.75. The normalized spacial score (nSPS) is 13.4. The van der Waals surface area contributed by atoms with Gasteiger partial charge in [-0.1, -0.05) is 0 Å². The van der Waals surface area contributed by atoms with Gasteiger partial charge in [0.25, 0.3) is 5.91 Å². The minimum atomic E-state index is -0.387. The van der Waals surface area contributed by atoms with Crippen LogP contribution in [0.5, 0.6) is 0 Å². The van der Waals surface area contributed by atoms with Gasteiger partial charge in [0.2, 0.25) is 11.8 Å². The van der Waals surface area contributed by atoms with E-state index in [1.807, 2.05) is 0 Å². The van der Waals surface area contributed by atoms with Crippen LogP contribution < -0.4 is 15.5 Å². The van der Waals surface area contributed by atoms with E-state index in [0.29, 0.717) is 25.1 Å². The molecule has 1 heterocycles. The van der Waals surface area contributed by atoms with Gasteiger partial charge in [-0.25, -0.2) is 0 Å². The van der Waals surface area contributed by atoms with Gasteiger partial charge in [-0.2, -0.15) is 0 Å². The number of nitrogens with zero attached hydrogens (tertiary/aromatic N) is 1. The average Bonchev–Trinajstić information content (AvgIpc) is 3.06. The molecule has 0 saturated carbocycles. The van der Waals surface area contributed by atoms with E-state index in [0.717, 1.165) is 12.1 Å². The Labute approximate surface area is 151 Å². The molecule has 8 heteroatoms. The van der Waals surface area contributed by atoms with Gasteiger partial charge < -0.3 is 20.3 Å². The number of amides is 3. The second-order valence-electron chi connectivity index (χ2n) is 5.78. The van der Waals surface area contributed by atoms with Crippen molar-refractivity contribution < 1.29 is 23.9 Å². The molecule has 1 saturated heterocycles. The SMILES string of the molecule is CCOC(=O)CCNC(=O)CNC(=O)c1ccc(N2CCCC2=O)cc1. The van der Waals surface area contributed by atoms with E-state index < -0.39 is 0 Å². The zero-order valence-electron chi connectivity index (χ0n) is 14.7. The number of rotatable bonds is 8. The maximum absolute atomic E-state index is 12.1. The van der Waals surface area contributed by atoms with Crippen LogP contribution in [0, 0.1) is 0 Å². The van der Waals surface area contributed by atoms with Gasteiger partial charge in [0.15, 0.2) is 0 Å². The summed E-state index contributed by atoms with van der Waals surface area (Å²) in [6.07, 6.45) is 1.48. The third kappa shape index (κ3) is 5.58. The van der Waals surface area contributed by atoms with Gasteiger partial charge in [0, 0.05) is 30.8 Å². The number of carbonyl (C=O) groups is 4. The molecule has 0 radical (unpaired) electrons. The van der Waals surface area contributed by atoms with Crippen LogP contribution in [0.3, 0.4) is 0 Å². The Kier molecular flexibility index (Phi) is 7.13. The van der Waals surface area contributed by atoms with Crippen LogP contribution in [0.15, 0.2) is 24.3 Å². The second kappa shape index (κ2) is 9.55. The monoisotopic (exact) mass is 361 g/mol. The molecule has 0 unspecified atom stereocenters. The summed E-state index contributed by atoms with van der Waals surface area (Å²) in [6, 6.07) is 6.68. The molecule has 140 valence electrons. The van der Waals surface area contributed by atoms with Gasteiger partial charge >= 0.3 is 5.97 Å². The van der Waals surface area contributed by atoms with Gasteiger partial charge in [0.1, 0.15) is 0 Å². The van der Waals surface area contributed by atoms with Crippen molar-refractivity contribution in [2.24, 2.45) is 0 Å². The van der Waals surface area contributed by atoms with Crippen molar-refractivity contribution in [2.75, 3.05) is 31.1 Å². The van der Waals surface area contributed by atoms with Crippen molar-refractivity contribution in [3.63, 3.8) is 0 Å². The molecule has 2 rings (SSSR count). The zero-order valence-corrected chi connectivity index (χ0v) is 14.7. The maximum atomic E-state index is 12.1. The molecule has 2 N–H and O–H groups in total. The quantitative estimate of drug-likeness (QED) is 0.660. The van der Waals surface area contributed by atoms with Crippen molar-refractivity contribution in [3.8, 4) is 0 Å². The van der Waals surface area contributed by atoms with E-state index in [-0.39, 0.29) is 43.2 Å². The Morgan fingerprint density at radius 3 is 2.50 bits per heavy atom. The lowest BCUT2D eigenvalue weighted by molar-refractivity contribution is -0.143. The Balaban J connectivity index is 1.74. The van der Waals surface area contributed by atoms with Crippen LogP contribution in [0.25, 0.3) is 0 Å². The molecule has 1 aliphatic heterocycles. The summed E-state index contributed by atoms with van der Waals surface area (Å²) in [5, 5.41) is 5.04. The van der Waals surface area contributed by atoms with Crippen LogP contribution in [0.4, 0.5) is 5.69 Å². The van der Waals surface area contributed by atoms with Crippen LogP contribution in [0.1, 0.15) is 36.5 Å². The van der Waals surface area contributed by atoms with Gasteiger partial charge in [0.05, 0.1) is 19.6 Å². The van der Waals surface area contributed by atoms with Gasteiger partial charge in [-0.15, -0.1) is 0 Å². The minimum Gasteiger partial charge on any atom is -0.466 e. The van der Waals surface area contributed by atoms with Crippen molar-refractivity contribution in [2.45, 2.75) is 26.2 Å². The molecule has 0 aliphatic carbocycles. The first-order valence-corrected chi connectivity index (χ1v) is 8.62. The smallest absolute Gasteiger partial charge is 0.307 e. The lowest BCUT2D eigenvalue weighted by Gasteiger charge is -2.15. The van der Waals surface area contributed by atoms with E-state index >= 15 is 0 Å². The highest BCUT2D eigenvalue weighted by Gasteiger charge is 2.21. The molecule has 1 aromatic carbocycles. The molecular weight excluding hydrogens is 338 g/mol. The molecule has 26 heavy (non-hydrogen) atoms. The minimum absolute atomic E-state index is 0.0849. The number of ether oxygens (including phenoxy) is 1. The Morgan fingerprint density at radius 2 is 1.88 bits per heavy atom. The molecule has 0 bridgehead atoms. The fraction of sp³-hybridized carbons (Fsp3) is 0.444. The highest BCUT2D eigenvalue weighted by molar-refractivity contribution is 5.98. The number of hydrogen-bond acceptors (Lipinski definition) is 5. The van der Waals surface area contributed by atoms with Crippen molar-refractivity contribution in [1.29, 1.82) is 0 Å². The summed E-state index contributed by atoms with van der Waals surface area (Å²) in [6.45, 7) is 2.67. The molecule has 1 aliphatic rings. The third-order valence-corrected chi connectivity index (χ3v) is 3.88. The van der Waals surface area contributed by atoms with E-state index in [4.69, 9.17) is 4.74 Å². The van der Waals surface area contributed by atoms with Crippen LogP contribution in [-0.2, 0) is 19.1 Å². The molecular formula is C18H23N3O5. The van der Waals surface area contributed by atoms with E-state index in [1.165, 1.54) is 0 Å². The van der Waals surface area contributed by atoms with Gasteiger partial charge in [-0.05, 0) is 37.6 Å². The molecule has 8 nitrogen and oxygen atoms in total. The Hall–Kier alpha value is -2.90. The van der Waals surface area contributed by atoms with Crippen LogP contribution in [0.2, 0.25) is 0 Å². The van der Waals surface area contributed by atoms with Crippen molar-refractivity contribution in [3.05, 3.63) is 29.8 Å². The molecule has 0 aromatic heterocycles. The number of esters is 1. The average molecular weight is 361 g/mol. The molecule has 0 spiro atoms. The topological polar surface area (TPSA) is 105 Å². The van der Waals surface area contributed by atoms with E-state index in [9.17, 15) is 19.2 Å². The summed E-state index contributed by atoms with van der Waals surface area (Å²) in [5.41, 5.74) is 1.17. The van der Waals surface area contributed by atoms with Gasteiger partial charge in [-0.3, -0.25) is 19.2 Å². The highest BCUT2D eigenvalue weighted by atomic mass is 16.5. The molecule has 0 atom stereocenters. The molecule has 1 fully saturated rings. The highest BCUT2D eigenvalue weighted by Crippen LogP contribution is 2.21. The lowest BCUT2D eigenvalue weighted by Crippen LogP contribution is -2.37. The first-order valence-electron chi connectivity index (χ1n) is 8.62. The summed E-state index contributed by atoms with van der Waals surface area (Å²) in [5.74, 6) is -1.07. The van der Waals surface area contributed by atoms with E-state index in [1.54, 1.807) is 36.1 Å². The zero-order chi connectivity index (χ0) is 18.9.